The Kier molecular flexibility index (Phi) is 3.44. The molecule has 1 aliphatic heterocycles. The number of amides is 2. The summed E-state index contributed by atoms with van der Waals surface area (Å²) in [5, 5.41) is 14.7. The number of urea groups is 1. The molecule has 1 saturated carbocycles. The van der Waals surface area contributed by atoms with Gasteiger partial charge in [-0.05, 0) is 41.7 Å². The van der Waals surface area contributed by atoms with E-state index >= 15 is 0 Å². The van der Waals surface area contributed by atoms with Gasteiger partial charge in [0.15, 0.2) is 0 Å². The summed E-state index contributed by atoms with van der Waals surface area (Å²) in [5.74, 6) is -0.677. The van der Waals surface area contributed by atoms with Gasteiger partial charge in [0.05, 0.1) is 5.41 Å². The van der Waals surface area contributed by atoms with Crippen LogP contribution in [0.25, 0.3) is 10.8 Å². The van der Waals surface area contributed by atoms with Crippen LogP contribution in [0.15, 0.2) is 42.5 Å². The molecule has 124 valence electrons. The van der Waals surface area contributed by atoms with Gasteiger partial charge in [-0.25, -0.2) is 4.79 Å². The summed E-state index contributed by atoms with van der Waals surface area (Å²) < 4.78 is 0. The van der Waals surface area contributed by atoms with Crippen LogP contribution in [0.2, 0.25) is 0 Å². The molecule has 4 rings (SSSR count). The summed E-state index contributed by atoms with van der Waals surface area (Å²) in [6, 6.07) is 13.6. The maximum absolute atomic E-state index is 12.6. The highest BCUT2D eigenvalue weighted by atomic mass is 16.4. The van der Waals surface area contributed by atoms with Crippen LogP contribution in [0.4, 0.5) is 10.5 Å². The highest BCUT2D eigenvalue weighted by Crippen LogP contribution is 2.48. The predicted molar refractivity (Wildman–Crippen MR) is 91.9 cm³/mol. The van der Waals surface area contributed by atoms with E-state index in [9.17, 15) is 14.7 Å². The lowest BCUT2D eigenvalue weighted by atomic mass is 9.81. The van der Waals surface area contributed by atoms with E-state index in [1.165, 1.54) is 0 Å². The number of benzene rings is 2. The van der Waals surface area contributed by atoms with E-state index in [2.05, 4.69) is 5.32 Å². The molecule has 2 aromatic carbocycles. The second kappa shape index (κ2) is 5.51. The minimum atomic E-state index is -0.758. The maximum atomic E-state index is 12.6. The number of hydrogen-bond acceptors (Lipinski definition) is 2. The number of carbonyl (C=O) groups is 2. The second-order valence-corrected chi connectivity index (χ2v) is 6.92. The summed E-state index contributed by atoms with van der Waals surface area (Å²) >= 11 is 0. The monoisotopic (exact) mass is 324 g/mol. The minimum Gasteiger partial charge on any atom is -0.481 e. The van der Waals surface area contributed by atoms with Crippen LogP contribution in [-0.2, 0) is 4.79 Å². The number of aliphatic carboxylic acids is 1. The Hall–Kier alpha value is -2.56. The maximum Gasteiger partial charge on any atom is 0.321 e. The van der Waals surface area contributed by atoms with Crippen molar-refractivity contribution in [2.75, 3.05) is 18.4 Å². The van der Waals surface area contributed by atoms with Crippen molar-refractivity contribution in [1.29, 1.82) is 0 Å². The van der Waals surface area contributed by atoms with Gasteiger partial charge in [-0.15, -0.1) is 0 Å². The third-order valence-corrected chi connectivity index (χ3v) is 5.58. The third-order valence-electron chi connectivity index (χ3n) is 5.58. The largest absolute Gasteiger partial charge is 0.481 e. The summed E-state index contributed by atoms with van der Waals surface area (Å²) in [4.78, 5) is 25.9. The molecule has 0 bridgehead atoms. The zero-order valence-electron chi connectivity index (χ0n) is 13.4. The number of carbonyl (C=O) groups excluding carboxylic acids is 1. The number of hydrogen-bond donors (Lipinski definition) is 2. The lowest BCUT2D eigenvalue weighted by Crippen LogP contribution is -2.38. The highest BCUT2D eigenvalue weighted by molar-refractivity contribution is 5.94. The van der Waals surface area contributed by atoms with Gasteiger partial charge in [0.25, 0.3) is 0 Å². The van der Waals surface area contributed by atoms with Gasteiger partial charge in [0, 0.05) is 18.8 Å². The molecule has 0 spiro atoms. The number of fused-ring (bicyclic) bond motifs is 2. The van der Waals surface area contributed by atoms with Crippen molar-refractivity contribution in [3.63, 3.8) is 0 Å². The summed E-state index contributed by atoms with van der Waals surface area (Å²) in [6.07, 6.45) is 2.51. The molecule has 5 nitrogen and oxygen atoms in total. The number of rotatable bonds is 2. The van der Waals surface area contributed by atoms with Crippen molar-refractivity contribution in [3.05, 3.63) is 42.5 Å². The molecular formula is C19H20N2O3. The van der Waals surface area contributed by atoms with Gasteiger partial charge in [-0.2, -0.15) is 0 Å². The first-order valence-electron chi connectivity index (χ1n) is 8.37. The molecule has 24 heavy (non-hydrogen) atoms. The van der Waals surface area contributed by atoms with Crippen LogP contribution in [-0.4, -0.2) is 35.1 Å². The Morgan fingerprint density at radius 1 is 1.17 bits per heavy atom. The number of nitrogens with zero attached hydrogens (tertiary/aromatic N) is 1. The Bertz CT molecular complexity index is 819. The first kappa shape index (κ1) is 15.0. The van der Waals surface area contributed by atoms with E-state index in [-0.39, 0.29) is 11.9 Å². The molecule has 1 aliphatic carbocycles. The number of anilines is 1. The molecule has 2 aliphatic rings. The van der Waals surface area contributed by atoms with Gasteiger partial charge in [-0.1, -0.05) is 36.8 Å². The van der Waals surface area contributed by atoms with Crippen molar-refractivity contribution in [1.82, 2.24) is 4.90 Å². The van der Waals surface area contributed by atoms with Crippen molar-refractivity contribution < 1.29 is 14.7 Å². The average molecular weight is 324 g/mol. The van der Waals surface area contributed by atoms with Crippen LogP contribution in [0, 0.1) is 11.3 Å². The molecule has 2 fully saturated rings. The molecule has 1 saturated heterocycles. The number of carboxylic acids is 1. The van der Waals surface area contributed by atoms with E-state index < -0.39 is 11.4 Å². The van der Waals surface area contributed by atoms with Gasteiger partial charge >= 0.3 is 12.0 Å². The number of nitrogens with one attached hydrogen (secondary N) is 1. The van der Waals surface area contributed by atoms with Gasteiger partial charge in [0.2, 0.25) is 0 Å². The molecule has 2 atom stereocenters. The Morgan fingerprint density at radius 3 is 2.71 bits per heavy atom. The normalized spacial score (nSPS) is 25.7. The van der Waals surface area contributed by atoms with Gasteiger partial charge in [0.1, 0.15) is 0 Å². The van der Waals surface area contributed by atoms with Crippen LogP contribution in [0.3, 0.4) is 0 Å². The molecule has 0 aromatic heterocycles. The van der Waals surface area contributed by atoms with Crippen molar-refractivity contribution in [2.45, 2.75) is 19.3 Å². The molecular weight excluding hydrogens is 304 g/mol. The van der Waals surface area contributed by atoms with E-state index in [1.54, 1.807) is 4.90 Å². The first-order chi connectivity index (χ1) is 11.6. The zero-order chi connectivity index (χ0) is 16.7. The SMILES string of the molecule is O=C(Nc1ccc2ccccc2c1)N1C[C@@H]2CCC[C@@]2(C(=O)O)C1. The van der Waals surface area contributed by atoms with Gasteiger partial charge in [-0.3, -0.25) is 4.79 Å². The molecule has 0 unspecified atom stereocenters. The quantitative estimate of drug-likeness (QED) is 0.887. The first-order valence-corrected chi connectivity index (χ1v) is 8.37. The fourth-order valence-corrected chi connectivity index (χ4v) is 4.26. The Morgan fingerprint density at radius 2 is 1.96 bits per heavy atom. The molecule has 2 aromatic rings. The fourth-order valence-electron chi connectivity index (χ4n) is 4.26. The average Bonchev–Trinajstić information content (AvgIpc) is 3.13. The van der Waals surface area contributed by atoms with E-state index in [0.717, 1.165) is 29.3 Å². The van der Waals surface area contributed by atoms with E-state index in [0.29, 0.717) is 19.5 Å². The smallest absolute Gasteiger partial charge is 0.321 e. The van der Waals surface area contributed by atoms with Gasteiger partial charge < -0.3 is 15.3 Å². The van der Waals surface area contributed by atoms with Crippen LogP contribution in [0.5, 0.6) is 0 Å². The number of likely N-dealkylation sites (tertiary alicyclic amines) is 1. The van der Waals surface area contributed by atoms with Crippen LogP contribution >= 0.6 is 0 Å². The molecule has 2 N–H and O–H groups in total. The lowest BCUT2D eigenvalue weighted by molar-refractivity contribution is -0.149. The minimum absolute atomic E-state index is 0.0809. The highest BCUT2D eigenvalue weighted by Gasteiger charge is 2.55. The zero-order valence-corrected chi connectivity index (χ0v) is 13.4. The second-order valence-electron chi connectivity index (χ2n) is 6.92. The number of carboxylic acid groups (broad SMARTS) is 1. The predicted octanol–water partition coefficient (Wildman–Crippen LogP) is 3.56. The summed E-state index contributed by atoms with van der Waals surface area (Å²) in [6.45, 7) is 0.845. The third kappa shape index (κ3) is 2.31. The van der Waals surface area contributed by atoms with Crippen molar-refractivity contribution >= 4 is 28.5 Å². The standard InChI is InChI=1S/C19H20N2O3/c22-17(23)19-9-3-6-15(19)11-21(12-19)18(24)20-16-8-7-13-4-1-2-5-14(13)10-16/h1-2,4-5,7-8,10,15H,3,6,9,11-12H2,(H,20,24)(H,22,23)/t15-,19+/m0/s1. The topological polar surface area (TPSA) is 69.6 Å². The molecule has 1 heterocycles. The molecule has 2 amide bonds. The lowest BCUT2D eigenvalue weighted by Gasteiger charge is -2.23. The Labute approximate surface area is 140 Å². The van der Waals surface area contributed by atoms with Crippen molar-refractivity contribution in [3.8, 4) is 0 Å². The Balaban J connectivity index is 1.51. The van der Waals surface area contributed by atoms with E-state index in [1.807, 2.05) is 42.5 Å². The fraction of sp³-hybridized carbons (Fsp3) is 0.368. The summed E-state index contributed by atoms with van der Waals surface area (Å²) in [7, 11) is 0. The van der Waals surface area contributed by atoms with E-state index in [4.69, 9.17) is 0 Å². The summed E-state index contributed by atoms with van der Waals surface area (Å²) in [5.41, 5.74) is 0.000843. The van der Waals surface area contributed by atoms with Crippen molar-refractivity contribution in [2.24, 2.45) is 11.3 Å². The van der Waals surface area contributed by atoms with Crippen LogP contribution in [0.1, 0.15) is 19.3 Å². The molecule has 5 heteroatoms. The van der Waals surface area contributed by atoms with Crippen LogP contribution < -0.4 is 5.32 Å². The molecule has 0 radical (unpaired) electrons.